The van der Waals surface area contributed by atoms with Crippen LogP contribution in [-0.2, 0) is 24.0 Å². The van der Waals surface area contributed by atoms with Crippen molar-refractivity contribution in [3.05, 3.63) is 42.1 Å². The first-order valence-electron chi connectivity index (χ1n) is 15.5. The Balaban J connectivity index is 1.52. The molecular weight excluding hydrogens is 600 g/mol. The van der Waals surface area contributed by atoms with Gasteiger partial charge in [-0.15, -0.1) is 5.06 Å². The molecular formula is C31H42N6O9. The Bertz CT molecular complexity index is 1380. The van der Waals surface area contributed by atoms with E-state index in [1.165, 1.54) is 20.7 Å². The zero-order valence-electron chi connectivity index (χ0n) is 26.4. The van der Waals surface area contributed by atoms with Crippen LogP contribution in [0.4, 0.5) is 4.79 Å². The Morgan fingerprint density at radius 1 is 1.04 bits per heavy atom. The van der Waals surface area contributed by atoms with Crippen molar-refractivity contribution in [2.75, 3.05) is 39.3 Å². The van der Waals surface area contributed by atoms with Crippen molar-refractivity contribution in [3.8, 4) is 11.6 Å². The predicted octanol–water partition coefficient (Wildman–Crippen LogP) is 2.14. The van der Waals surface area contributed by atoms with E-state index in [1.807, 2.05) is 19.9 Å². The minimum absolute atomic E-state index is 0.0725. The molecule has 2 heterocycles. The topological polar surface area (TPSA) is 182 Å². The summed E-state index contributed by atoms with van der Waals surface area (Å²) in [6.45, 7) is 7.08. The van der Waals surface area contributed by atoms with Gasteiger partial charge in [0, 0.05) is 32.1 Å². The van der Waals surface area contributed by atoms with Crippen LogP contribution in [0, 0.1) is 5.92 Å². The zero-order chi connectivity index (χ0) is 33.3. The standard InChI is InChI=1S/C31H42N6O9/c1-4-44-30(43)46-36-17-15-35(16-18-36)28(41)23(11-12-26(38)39)33-27(40)24-19-25(37(34-24)22-9-6-5-7-10-22)45-31(13-8-14-31)29(42)32-20-21(2)3/h5-7,9-10,19,21,23H,4,8,11-18,20H2,1-3H3,(H,32,42)(H,33,40)(H,38,39)/t23-/m0/s1. The number of amides is 3. The van der Waals surface area contributed by atoms with Crippen LogP contribution in [0.3, 0.4) is 0 Å². The summed E-state index contributed by atoms with van der Waals surface area (Å²) in [5, 5.41) is 20.8. The number of nitrogens with zero attached hydrogens (tertiary/aromatic N) is 4. The Morgan fingerprint density at radius 2 is 1.74 bits per heavy atom. The zero-order valence-corrected chi connectivity index (χ0v) is 26.4. The summed E-state index contributed by atoms with van der Waals surface area (Å²) < 4.78 is 12.5. The second-order valence-electron chi connectivity index (χ2n) is 11.7. The molecule has 2 fully saturated rings. The van der Waals surface area contributed by atoms with E-state index in [4.69, 9.17) is 14.3 Å². The van der Waals surface area contributed by atoms with E-state index in [1.54, 1.807) is 31.2 Å². The maximum absolute atomic E-state index is 13.6. The molecule has 1 aliphatic heterocycles. The van der Waals surface area contributed by atoms with E-state index in [0.717, 1.165) is 6.42 Å². The van der Waals surface area contributed by atoms with Gasteiger partial charge in [0.1, 0.15) is 6.04 Å². The highest BCUT2D eigenvalue weighted by Gasteiger charge is 2.47. The van der Waals surface area contributed by atoms with E-state index in [2.05, 4.69) is 15.7 Å². The number of aliphatic carboxylic acids is 1. The number of hydroxylamine groups is 2. The van der Waals surface area contributed by atoms with Gasteiger partial charge in [-0.25, -0.2) is 9.48 Å². The molecule has 1 saturated heterocycles. The molecule has 1 atom stereocenters. The SMILES string of the molecule is CCOC(=O)ON1CCN(C(=O)[C@H](CCC(=O)O)NC(=O)c2cc(OC3(C(=O)NCC(C)C)CCC3)n(-c3ccccc3)n2)CC1. The Hall–Kier alpha value is -4.66. The third-order valence-electron chi connectivity index (χ3n) is 7.72. The maximum atomic E-state index is 13.6. The first kappa shape index (κ1) is 34.2. The van der Waals surface area contributed by atoms with Gasteiger partial charge in [0.05, 0.1) is 25.4 Å². The lowest BCUT2D eigenvalue weighted by atomic mass is 9.79. The van der Waals surface area contributed by atoms with E-state index in [-0.39, 0.29) is 69.0 Å². The fourth-order valence-electron chi connectivity index (χ4n) is 5.06. The molecule has 1 aromatic heterocycles. The van der Waals surface area contributed by atoms with Crippen LogP contribution in [0.2, 0.25) is 0 Å². The summed E-state index contributed by atoms with van der Waals surface area (Å²) in [4.78, 5) is 69.8. The number of carbonyl (C=O) groups is 5. The molecule has 46 heavy (non-hydrogen) atoms. The lowest BCUT2D eigenvalue weighted by Gasteiger charge is -2.40. The number of carboxylic acid groups (broad SMARTS) is 1. The average Bonchev–Trinajstić information content (AvgIpc) is 3.44. The minimum atomic E-state index is -1.16. The third kappa shape index (κ3) is 8.74. The van der Waals surface area contributed by atoms with Gasteiger partial charge in [0.2, 0.25) is 11.8 Å². The number of nitrogens with one attached hydrogen (secondary N) is 2. The number of aromatic nitrogens is 2. The normalized spacial score (nSPS) is 16.6. The van der Waals surface area contributed by atoms with Crippen LogP contribution in [0.5, 0.6) is 5.88 Å². The third-order valence-corrected chi connectivity index (χ3v) is 7.72. The lowest BCUT2D eigenvalue weighted by Crippen LogP contribution is -2.56. The largest absolute Gasteiger partial charge is 0.527 e. The number of carboxylic acids is 1. The summed E-state index contributed by atoms with van der Waals surface area (Å²) in [6, 6.07) is 9.24. The van der Waals surface area contributed by atoms with E-state index in [9.17, 15) is 29.1 Å². The van der Waals surface area contributed by atoms with Crippen molar-refractivity contribution < 1.29 is 43.4 Å². The average molecular weight is 643 g/mol. The smallest absolute Gasteiger partial charge is 0.481 e. The van der Waals surface area contributed by atoms with E-state index < -0.39 is 35.6 Å². The number of hydrogen-bond acceptors (Lipinski definition) is 10. The second kappa shape index (κ2) is 15.6. The van der Waals surface area contributed by atoms with Crippen LogP contribution in [0.25, 0.3) is 5.69 Å². The van der Waals surface area contributed by atoms with Gasteiger partial charge in [-0.1, -0.05) is 32.0 Å². The summed E-state index contributed by atoms with van der Waals surface area (Å²) in [7, 11) is 0. The van der Waals surface area contributed by atoms with Gasteiger partial charge < -0.3 is 35.0 Å². The summed E-state index contributed by atoms with van der Waals surface area (Å²) >= 11 is 0. The monoisotopic (exact) mass is 642 g/mol. The molecule has 250 valence electrons. The number of carbonyl (C=O) groups excluding carboxylic acids is 4. The van der Waals surface area contributed by atoms with Crippen LogP contribution in [0.1, 0.15) is 63.4 Å². The van der Waals surface area contributed by atoms with Crippen molar-refractivity contribution in [1.29, 1.82) is 0 Å². The molecule has 2 aliphatic rings. The number of piperazine rings is 1. The van der Waals surface area contributed by atoms with Crippen LogP contribution in [0.15, 0.2) is 36.4 Å². The van der Waals surface area contributed by atoms with Gasteiger partial charge in [0.15, 0.2) is 11.3 Å². The highest BCUT2D eigenvalue weighted by atomic mass is 16.8. The number of rotatable bonds is 14. The first-order valence-corrected chi connectivity index (χ1v) is 15.5. The highest BCUT2D eigenvalue weighted by Crippen LogP contribution is 2.38. The summed E-state index contributed by atoms with van der Waals surface area (Å²) in [5.41, 5.74) is -0.583. The Morgan fingerprint density at radius 3 is 2.33 bits per heavy atom. The second-order valence-corrected chi connectivity index (χ2v) is 11.7. The van der Waals surface area contributed by atoms with Crippen molar-refractivity contribution in [3.63, 3.8) is 0 Å². The Kier molecular flexibility index (Phi) is 11.6. The van der Waals surface area contributed by atoms with Crippen LogP contribution < -0.4 is 15.4 Å². The maximum Gasteiger partial charge on any atom is 0.527 e. The van der Waals surface area contributed by atoms with Crippen LogP contribution >= 0.6 is 0 Å². The van der Waals surface area contributed by atoms with Crippen molar-refractivity contribution in [1.82, 2.24) is 30.4 Å². The lowest BCUT2D eigenvalue weighted by molar-refractivity contribution is -0.157. The number of hydrogen-bond donors (Lipinski definition) is 3. The molecule has 0 radical (unpaired) electrons. The van der Waals surface area contributed by atoms with Crippen LogP contribution in [-0.4, -0.2) is 106 Å². The Labute approximate surface area is 267 Å². The first-order chi connectivity index (χ1) is 22.0. The fraction of sp³-hybridized carbons (Fsp3) is 0.548. The number of benzene rings is 1. The van der Waals surface area contributed by atoms with Gasteiger partial charge >= 0.3 is 12.1 Å². The number of para-hydroxylation sites is 1. The summed E-state index contributed by atoms with van der Waals surface area (Å²) in [6.07, 6.45) is 0.458. The predicted molar refractivity (Wildman–Crippen MR) is 163 cm³/mol. The molecule has 1 aromatic carbocycles. The molecule has 1 saturated carbocycles. The van der Waals surface area contributed by atoms with Crippen molar-refractivity contribution in [2.45, 2.75) is 64.5 Å². The van der Waals surface area contributed by atoms with E-state index >= 15 is 0 Å². The molecule has 4 rings (SSSR count). The molecule has 2 aromatic rings. The molecule has 3 N–H and O–H groups in total. The van der Waals surface area contributed by atoms with Gasteiger partial charge in [-0.3, -0.25) is 19.2 Å². The molecule has 3 amide bonds. The summed E-state index contributed by atoms with van der Waals surface area (Å²) in [5.74, 6) is -2.10. The van der Waals surface area contributed by atoms with Gasteiger partial charge in [-0.2, -0.15) is 5.10 Å². The number of ether oxygens (including phenoxy) is 2. The molecule has 0 spiro atoms. The minimum Gasteiger partial charge on any atom is -0.481 e. The molecule has 0 bridgehead atoms. The molecule has 15 nitrogen and oxygen atoms in total. The van der Waals surface area contributed by atoms with Crippen molar-refractivity contribution in [2.24, 2.45) is 5.92 Å². The molecule has 1 aliphatic carbocycles. The van der Waals surface area contributed by atoms with Gasteiger partial charge in [0.25, 0.3) is 11.8 Å². The fourth-order valence-corrected chi connectivity index (χ4v) is 5.06. The molecule has 15 heteroatoms. The van der Waals surface area contributed by atoms with Crippen molar-refractivity contribution >= 4 is 29.8 Å². The molecule has 0 unspecified atom stereocenters. The quantitative estimate of drug-likeness (QED) is 0.257. The van der Waals surface area contributed by atoms with E-state index in [0.29, 0.717) is 25.1 Å². The highest BCUT2D eigenvalue weighted by molar-refractivity contribution is 5.96. The van der Waals surface area contributed by atoms with Gasteiger partial charge in [-0.05, 0) is 50.7 Å².